The van der Waals surface area contributed by atoms with Gasteiger partial charge in [-0.15, -0.1) is 0 Å². The molecular formula is C18H20N4O4. The summed E-state index contributed by atoms with van der Waals surface area (Å²) >= 11 is 0. The number of fused-ring (bicyclic) bond motifs is 3. The monoisotopic (exact) mass is 356 g/mol. The number of aliphatic hydroxyl groups excluding tert-OH is 1. The molecule has 2 aliphatic heterocycles. The van der Waals surface area contributed by atoms with Crippen LogP contribution in [0.15, 0.2) is 45.6 Å². The standard InChI is InChI=1S/C18H20N4O4/c1-18-10-6-7-11-20(18)13(14(23)12-8-4-3-5-9-12)15(24)21-16(25)19(2)17(26)22(18)21/h3-5,8-9,23H,6-7,10-11H2,1-2H3/b14-13+. The van der Waals surface area contributed by atoms with Crippen LogP contribution in [0.25, 0.3) is 5.76 Å². The fraction of sp³-hybridized carbons (Fsp3) is 0.389. The van der Waals surface area contributed by atoms with E-state index >= 15 is 0 Å². The number of nitrogens with zero attached hydrogens (tertiary/aromatic N) is 4. The van der Waals surface area contributed by atoms with Crippen LogP contribution in [0.3, 0.4) is 0 Å². The van der Waals surface area contributed by atoms with Crippen molar-refractivity contribution in [1.82, 2.24) is 18.8 Å². The van der Waals surface area contributed by atoms with Crippen molar-refractivity contribution in [2.45, 2.75) is 31.8 Å². The van der Waals surface area contributed by atoms with E-state index < -0.39 is 22.9 Å². The zero-order valence-electron chi connectivity index (χ0n) is 14.7. The van der Waals surface area contributed by atoms with Gasteiger partial charge < -0.3 is 10.0 Å². The molecule has 1 aromatic carbocycles. The Morgan fingerprint density at radius 3 is 2.46 bits per heavy atom. The zero-order valence-corrected chi connectivity index (χ0v) is 14.7. The molecule has 1 N–H and O–H groups in total. The van der Waals surface area contributed by atoms with Crippen LogP contribution in [0.4, 0.5) is 0 Å². The molecule has 0 bridgehead atoms. The van der Waals surface area contributed by atoms with E-state index in [2.05, 4.69) is 0 Å². The topological polar surface area (TPSA) is 89.5 Å². The SMILES string of the molecule is Cn1c(=O)n2n(c1=O)C1(C)CCCCN1/C(=C(/O)c1ccccc1)C2=O. The Balaban J connectivity index is 2.07. The third kappa shape index (κ3) is 1.98. The summed E-state index contributed by atoms with van der Waals surface area (Å²) in [5.41, 5.74) is -1.57. The Bertz CT molecular complexity index is 1040. The molecule has 8 nitrogen and oxygen atoms in total. The van der Waals surface area contributed by atoms with E-state index in [0.29, 0.717) is 18.5 Å². The molecule has 2 aliphatic rings. The lowest BCUT2D eigenvalue weighted by molar-refractivity contribution is -0.0172. The minimum Gasteiger partial charge on any atom is -0.505 e. The van der Waals surface area contributed by atoms with Gasteiger partial charge in [-0.05, 0) is 26.2 Å². The normalized spacial score (nSPS) is 24.2. The van der Waals surface area contributed by atoms with E-state index in [4.69, 9.17) is 0 Å². The number of carbonyl (C=O) groups is 1. The number of benzene rings is 1. The lowest BCUT2D eigenvalue weighted by atomic mass is 9.94. The summed E-state index contributed by atoms with van der Waals surface area (Å²) in [6.07, 6.45) is 2.28. The van der Waals surface area contributed by atoms with E-state index in [1.54, 1.807) is 29.2 Å². The minimum atomic E-state index is -0.887. The van der Waals surface area contributed by atoms with Gasteiger partial charge >= 0.3 is 17.3 Å². The number of rotatable bonds is 1. The Labute approximate surface area is 149 Å². The summed E-state index contributed by atoms with van der Waals surface area (Å²) in [6, 6.07) is 8.74. The zero-order chi connectivity index (χ0) is 18.6. The maximum atomic E-state index is 13.1. The molecule has 1 saturated heterocycles. The molecule has 8 heteroatoms. The summed E-state index contributed by atoms with van der Waals surface area (Å²) in [7, 11) is 1.35. The Hall–Kier alpha value is -3.03. The highest BCUT2D eigenvalue weighted by molar-refractivity contribution is 6.00. The van der Waals surface area contributed by atoms with E-state index in [1.165, 1.54) is 11.7 Å². The first kappa shape index (κ1) is 16.4. The van der Waals surface area contributed by atoms with Gasteiger partial charge in [0.05, 0.1) is 0 Å². The fourth-order valence-corrected chi connectivity index (χ4v) is 3.99. The molecule has 1 aromatic heterocycles. The summed E-state index contributed by atoms with van der Waals surface area (Å²) in [5, 5.41) is 10.9. The lowest BCUT2D eigenvalue weighted by Crippen LogP contribution is -2.62. The van der Waals surface area contributed by atoms with Crippen molar-refractivity contribution in [3.8, 4) is 0 Å². The summed E-state index contributed by atoms with van der Waals surface area (Å²) in [5.74, 6) is -0.869. The predicted molar refractivity (Wildman–Crippen MR) is 94.8 cm³/mol. The number of carbonyl (C=O) groups excluding carboxylic acids is 1. The predicted octanol–water partition coefficient (Wildman–Crippen LogP) is 1.09. The summed E-state index contributed by atoms with van der Waals surface area (Å²) in [6.45, 7) is 2.35. The van der Waals surface area contributed by atoms with Crippen LogP contribution in [-0.2, 0) is 12.7 Å². The number of piperidine rings is 1. The van der Waals surface area contributed by atoms with Gasteiger partial charge in [-0.25, -0.2) is 14.2 Å². The number of allylic oxidation sites excluding steroid dienone is 1. The van der Waals surface area contributed by atoms with Crippen LogP contribution in [0, 0.1) is 0 Å². The van der Waals surface area contributed by atoms with Crippen LogP contribution in [0.1, 0.15) is 36.5 Å². The fourth-order valence-electron chi connectivity index (χ4n) is 3.99. The molecule has 0 spiro atoms. The van der Waals surface area contributed by atoms with Gasteiger partial charge in [-0.3, -0.25) is 4.79 Å². The average molecular weight is 356 g/mol. The van der Waals surface area contributed by atoms with Crippen molar-refractivity contribution < 1.29 is 9.90 Å². The van der Waals surface area contributed by atoms with Crippen molar-refractivity contribution >= 4 is 11.7 Å². The van der Waals surface area contributed by atoms with Crippen LogP contribution >= 0.6 is 0 Å². The van der Waals surface area contributed by atoms with Crippen molar-refractivity contribution in [3.05, 3.63) is 62.6 Å². The third-order valence-corrected chi connectivity index (χ3v) is 5.39. The van der Waals surface area contributed by atoms with Crippen molar-refractivity contribution in [3.63, 3.8) is 0 Å². The molecule has 1 unspecified atom stereocenters. The smallest absolute Gasteiger partial charge is 0.354 e. The number of hydrogen-bond acceptors (Lipinski definition) is 5. The van der Waals surface area contributed by atoms with E-state index in [9.17, 15) is 19.5 Å². The number of aromatic nitrogens is 3. The van der Waals surface area contributed by atoms with Gasteiger partial charge in [-0.2, -0.15) is 9.36 Å². The molecule has 136 valence electrons. The van der Waals surface area contributed by atoms with E-state index in [0.717, 1.165) is 22.1 Å². The highest BCUT2D eigenvalue weighted by Crippen LogP contribution is 2.39. The average Bonchev–Trinajstić information content (AvgIpc) is 2.88. The molecule has 0 aliphatic carbocycles. The van der Waals surface area contributed by atoms with Gasteiger partial charge in [0, 0.05) is 19.2 Å². The third-order valence-electron chi connectivity index (χ3n) is 5.39. The first-order chi connectivity index (χ1) is 12.4. The highest BCUT2D eigenvalue weighted by Gasteiger charge is 2.49. The van der Waals surface area contributed by atoms with Gasteiger partial charge in [0.2, 0.25) is 0 Å². The molecule has 4 rings (SSSR count). The molecular weight excluding hydrogens is 336 g/mol. The van der Waals surface area contributed by atoms with Crippen LogP contribution in [0.2, 0.25) is 0 Å². The number of hydrogen-bond donors (Lipinski definition) is 1. The summed E-state index contributed by atoms with van der Waals surface area (Å²) in [4.78, 5) is 40.1. The second-order valence-corrected chi connectivity index (χ2v) is 6.94. The van der Waals surface area contributed by atoms with Crippen LogP contribution in [0.5, 0.6) is 0 Å². The largest absolute Gasteiger partial charge is 0.505 e. The number of aliphatic hydroxyl groups is 1. The molecule has 0 radical (unpaired) electrons. The van der Waals surface area contributed by atoms with Gasteiger partial charge in [0.1, 0.15) is 11.4 Å². The quantitative estimate of drug-likeness (QED) is 0.610. The molecule has 26 heavy (non-hydrogen) atoms. The maximum Gasteiger partial charge on any atom is 0.354 e. The molecule has 3 heterocycles. The van der Waals surface area contributed by atoms with E-state index in [1.807, 2.05) is 13.0 Å². The highest BCUT2D eigenvalue weighted by atomic mass is 16.3. The molecule has 2 aromatic rings. The Morgan fingerprint density at radius 2 is 1.77 bits per heavy atom. The van der Waals surface area contributed by atoms with Gasteiger partial charge in [0.25, 0.3) is 0 Å². The Morgan fingerprint density at radius 1 is 1.08 bits per heavy atom. The second-order valence-electron chi connectivity index (χ2n) is 6.94. The molecule has 0 amide bonds. The van der Waals surface area contributed by atoms with Crippen molar-refractivity contribution in [1.29, 1.82) is 0 Å². The molecule has 0 saturated carbocycles. The maximum absolute atomic E-state index is 13.1. The lowest BCUT2D eigenvalue weighted by Gasteiger charge is -2.49. The summed E-state index contributed by atoms with van der Waals surface area (Å²) < 4.78 is 3.02. The Kier molecular flexibility index (Phi) is 3.47. The first-order valence-corrected chi connectivity index (χ1v) is 8.60. The van der Waals surface area contributed by atoms with Crippen molar-refractivity contribution in [2.75, 3.05) is 6.54 Å². The van der Waals surface area contributed by atoms with Crippen LogP contribution < -0.4 is 11.4 Å². The van der Waals surface area contributed by atoms with Crippen molar-refractivity contribution in [2.24, 2.45) is 7.05 Å². The van der Waals surface area contributed by atoms with Crippen LogP contribution in [-0.4, -0.2) is 36.4 Å². The first-order valence-electron chi connectivity index (χ1n) is 8.60. The molecule has 1 fully saturated rings. The minimum absolute atomic E-state index is 0.0612. The molecule has 1 atom stereocenters. The second kappa shape index (κ2) is 5.48. The van der Waals surface area contributed by atoms with E-state index in [-0.39, 0.29) is 11.5 Å². The van der Waals surface area contributed by atoms with Gasteiger partial charge in [0.15, 0.2) is 5.76 Å². The van der Waals surface area contributed by atoms with Gasteiger partial charge in [-0.1, -0.05) is 30.3 Å².